The van der Waals surface area contributed by atoms with E-state index in [0.29, 0.717) is 6.42 Å². The van der Waals surface area contributed by atoms with E-state index in [2.05, 4.69) is 10.1 Å². The van der Waals surface area contributed by atoms with Crippen LogP contribution < -0.4 is 14.8 Å². The number of nitrogens with one attached hydrogen (secondary N) is 1. The van der Waals surface area contributed by atoms with Gasteiger partial charge in [-0.15, -0.1) is 0 Å². The molecule has 0 heterocycles. The quantitative estimate of drug-likeness (QED) is 0.656. The van der Waals surface area contributed by atoms with Gasteiger partial charge in [-0.05, 0) is 42.8 Å². The Balaban J connectivity index is 2.23. The number of ether oxygens (including phenoxy) is 3. The number of anilines is 1. The van der Waals surface area contributed by atoms with E-state index < -0.39 is 23.6 Å². The Morgan fingerprint density at radius 2 is 1.83 bits per heavy atom. The normalized spacial score (nSPS) is 10.9. The molecule has 1 amide bonds. The van der Waals surface area contributed by atoms with Crippen molar-refractivity contribution in [3.63, 3.8) is 0 Å². The minimum Gasteiger partial charge on any atom is -0.491 e. The molecular formula is C20H20F3NO5. The molecule has 156 valence electrons. The molecule has 0 atom stereocenters. The summed E-state index contributed by atoms with van der Waals surface area (Å²) < 4.78 is 54.2. The summed E-state index contributed by atoms with van der Waals surface area (Å²) in [5.74, 6) is -0.892. The molecule has 29 heavy (non-hydrogen) atoms. The van der Waals surface area contributed by atoms with E-state index in [1.54, 1.807) is 0 Å². The van der Waals surface area contributed by atoms with Crippen LogP contribution >= 0.6 is 0 Å². The first kappa shape index (κ1) is 22.1. The van der Waals surface area contributed by atoms with Crippen molar-refractivity contribution in [2.24, 2.45) is 0 Å². The van der Waals surface area contributed by atoms with Crippen molar-refractivity contribution in [2.45, 2.75) is 19.5 Å². The maximum atomic E-state index is 13.0. The van der Waals surface area contributed by atoms with Gasteiger partial charge in [0.15, 0.2) is 6.61 Å². The minimum absolute atomic E-state index is 0.0980. The number of benzene rings is 2. The van der Waals surface area contributed by atoms with Crippen molar-refractivity contribution in [3.05, 3.63) is 53.6 Å². The van der Waals surface area contributed by atoms with Crippen LogP contribution in [-0.4, -0.2) is 32.2 Å². The van der Waals surface area contributed by atoms with E-state index in [1.807, 2.05) is 6.92 Å². The van der Waals surface area contributed by atoms with Crippen molar-refractivity contribution < 1.29 is 37.0 Å². The summed E-state index contributed by atoms with van der Waals surface area (Å²) in [6, 6.07) is 8.74. The highest BCUT2D eigenvalue weighted by molar-refractivity contribution is 6.05. The van der Waals surface area contributed by atoms with Crippen molar-refractivity contribution in [2.75, 3.05) is 25.6 Å². The number of hydrogen-bond acceptors (Lipinski definition) is 5. The van der Waals surface area contributed by atoms with Gasteiger partial charge in [-0.3, -0.25) is 4.79 Å². The molecule has 2 rings (SSSR count). The molecule has 0 aromatic heterocycles. The van der Waals surface area contributed by atoms with Crippen molar-refractivity contribution in [1.29, 1.82) is 0 Å². The zero-order valence-electron chi connectivity index (χ0n) is 15.8. The van der Waals surface area contributed by atoms with Gasteiger partial charge in [0.2, 0.25) is 0 Å². The minimum atomic E-state index is -4.57. The fourth-order valence-electron chi connectivity index (χ4n) is 2.26. The highest BCUT2D eigenvalue weighted by atomic mass is 19.4. The van der Waals surface area contributed by atoms with Crippen molar-refractivity contribution in [1.82, 2.24) is 0 Å². The standard InChI is InChI=1S/C20H20F3NO5/c1-3-9-28-17-8-7-14(20(21,22)23)11-16(17)24-19(26)13-5-4-6-15(10-13)29-12-18(25)27-2/h4-8,10-11H,3,9,12H2,1-2H3,(H,24,26). The number of hydrogen-bond donors (Lipinski definition) is 1. The van der Waals surface area contributed by atoms with Crippen LogP contribution in [0.4, 0.5) is 18.9 Å². The van der Waals surface area contributed by atoms with Gasteiger partial charge in [-0.25, -0.2) is 4.79 Å². The Labute approximate surface area is 165 Å². The zero-order chi connectivity index (χ0) is 21.4. The molecule has 0 aliphatic rings. The largest absolute Gasteiger partial charge is 0.491 e. The molecule has 0 bridgehead atoms. The van der Waals surface area contributed by atoms with Crippen LogP contribution in [0.3, 0.4) is 0 Å². The molecule has 0 unspecified atom stereocenters. The van der Waals surface area contributed by atoms with E-state index in [9.17, 15) is 22.8 Å². The Morgan fingerprint density at radius 3 is 2.48 bits per heavy atom. The van der Waals surface area contributed by atoms with E-state index in [0.717, 1.165) is 12.1 Å². The number of methoxy groups -OCH3 is 1. The molecule has 0 spiro atoms. The Hall–Kier alpha value is -3.23. The fourth-order valence-corrected chi connectivity index (χ4v) is 2.26. The van der Waals surface area contributed by atoms with E-state index in [1.165, 1.54) is 37.4 Å². The molecule has 6 nitrogen and oxygen atoms in total. The molecule has 0 radical (unpaired) electrons. The number of amides is 1. The Bertz CT molecular complexity index is 867. The monoisotopic (exact) mass is 411 g/mol. The lowest BCUT2D eigenvalue weighted by Gasteiger charge is -2.15. The lowest BCUT2D eigenvalue weighted by Crippen LogP contribution is -2.15. The van der Waals surface area contributed by atoms with Crippen LogP contribution in [0.5, 0.6) is 11.5 Å². The van der Waals surface area contributed by atoms with E-state index in [4.69, 9.17) is 9.47 Å². The van der Waals surface area contributed by atoms with Crippen LogP contribution in [-0.2, 0) is 15.7 Å². The van der Waals surface area contributed by atoms with Crippen LogP contribution in [0, 0.1) is 0 Å². The first-order valence-corrected chi connectivity index (χ1v) is 8.69. The average Bonchev–Trinajstić information content (AvgIpc) is 2.70. The van der Waals surface area contributed by atoms with Gasteiger partial charge in [0, 0.05) is 5.56 Å². The maximum absolute atomic E-state index is 13.0. The third-order valence-corrected chi connectivity index (χ3v) is 3.70. The summed E-state index contributed by atoms with van der Waals surface area (Å²) in [5.41, 5.74) is -0.878. The first-order valence-electron chi connectivity index (χ1n) is 8.69. The number of halogens is 3. The Morgan fingerprint density at radius 1 is 1.07 bits per heavy atom. The molecule has 0 fully saturated rings. The predicted molar refractivity (Wildman–Crippen MR) is 99.1 cm³/mol. The summed E-state index contributed by atoms with van der Waals surface area (Å²) in [6.07, 6.45) is -3.92. The van der Waals surface area contributed by atoms with Crippen molar-refractivity contribution in [3.8, 4) is 11.5 Å². The maximum Gasteiger partial charge on any atom is 0.416 e. The molecule has 2 aromatic rings. The molecule has 0 saturated carbocycles. The van der Waals surface area contributed by atoms with Crippen LogP contribution in [0.1, 0.15) is 29.3 Å². The molecule has 0 saturated heterocycles. The topological polar surface area (TPSA) is 73.9 Å². The second kappa shape index (κ2) is 9.81. The molecule has 2 aromatic carbocycles. The number of carbonyl (C=O) groups is 2. The predicted octanol–water partition coefficient (Wildman–Crippen LogP) is 4.30. The summed E-state index contributed by atoms with van der Waals surface area (Å²) in [5, 5.41) is 2.44. The lowest BCUT2D eigenvalue weighted by molar-refractivity contribution is -0.143. The second-order valence-electron chi connectivity index (χ2n) is 5.90. The number of rotatable bonds is 8. The van der Waals surface area contributed by atoms with Gasteiger partial charge in [-0.2, -0.15) is 13.2 Å². The average molecular weight is 411 g/mol. The van der Waals surface area contributed by atoms with Gasteiger partial charge in [0.1, 0.15) is 11.5 Å². The summed E-state index contributed by atoms with van der Waals surface area (Å²) in [7, 11) is 1.21. The number of alkyl halides is 3. The highest BCUT2D eigenvalue weighted by Crippen LogP contribution is 2.35. The molecular weight excluding hydrogens is 391 g/mol. The SMILES string of the molecule is CCCOc1ccc(C(F)(F)F)cc1NC(=O)c1cccc(OCC(=O)OC)c1. The smallest absolute Gasteiger partial charge is 0.416 e. The van der Waals surface area contributed by atoms with Gasteiger partial charge in [0.05, 0.1) is 25.0 Å². The summed E-state index contributed by atoms with van der Waals surface area (Å²) in [6.45, 7) is 1.79. The highest BCUT2D eigenvalue weighted by Gasteiger charge is 2.31. The third-order valence-electron chi connectivity index (χ3n) is 3.70. The van der Waals surface area contributed by atoms with Gasteiger partial charge >= 0.3 is 12.1 Å². The lowest BCUT2D eigenvalue weighted by atomic mass is 10.1. The van der Waals surface area contributed by atoms with Crippen LogP contribution in [0.25, 0.3) is 0 Å². The number of carbonyl (C=O) groups excluding carboxylic acids is 2. The van der Waals surface area contributed by atoms with Crippen LogP contribution in [0.2, 0.25) is 0 Å². The third kappa shape index (κ3) is 6.41. The zero-order valence-corrected chi connectivity index (χ0v) is 15.8. The number of esters is 1. The fraction of sp³-hybridized carbons (Fsp3) is 0.300. The summed E-state index contributed by atoms with van der Waals surface area (Å²) >= 11 is 0. The Kier molecular flexibility index (Phi) is 7.46. The van der Waals surface area contributed by atoms with Crippen LogP contribution in [0.15, 0.2) is 42.5 Å². The van der Waals surface area contributed by atoms with Gasteiger partial charge in [-0.1, -0.05) is 13.0 Å². The van der Waals surface area contributed by atoms with E-state index in [-0.39, 0.29) is 36.0 Å². The second-order valence-corrected chi connectivity index (χ2v) is 5.90. The van der Waals surface area contributed by atoms with E-state index >= 15 is 0 Å². The molecule has 1 N–H and O–H groups in total. The van der Waals surface area contributed by atoms with Gasteiger partial charge in [0.25, 0.3) is 5.91 Å². The molecule has 0 aliphatic carbocycles. The van der Waals surface area contributed by atoms with Gasteiger partial charge < -0.3 is 19.5 Å². The molecule has 9 heteroatoms. The molecule has 0 aliphatic heterocycles. The summed E-state index contributed by atoms with van der Waals surface area (Å²) in [4.78, 5) is 23.7. The first-order chi connectivity index (χ1) is 13.7. The van der Waals surface area contributed by atoms with Crippen molar-refractivity contribution >= 4 is 17.6 Å².